The minimum atomic E-state index is -0.593. The zero-order chi connectivity index (χ0) is 24.2. The van der Waals surface area contributed by atoms with Crippen LogP contribution in [0.5, 0.6) is 0 Å². The lowest BCUT2D eigenvalue weighted by molar-refractivity contribution is -0.116. The van der Waals surface area contributed by atoms with Crippen molar-refractivity contribution in [2.45, 2.75) is 89.1 Å². The number of amides is 1. The van der Waals surface area contributed by atoms with Gasteiger partial charge in [-0.15, -0.1) is 11.8 Å². The summed E-state index contributed by atoms with van der Waals surface area (Å²) < 4.78 is 1.38. The second kappa shape index (κ2) is 10.6. The quantitative estimate of drug-likeness (QED) is 0.558. The maximum absolute atomic E-state index is 13.5. The number of unbranched alkanes of at least 4 members (excludes halogenated alkanes) is 1. The molecule has 7 nitrogen and oxygen atoms in total. The number of carbonyl (C=O) groups excluding carboxylic acids is 1. The molecule has 1 aliphatic rings. The van der Waals surface area contributed by atoms with E-state index in [-0.39, 0.29) is 34.6 Å². The number of H-pyrrole nitrogens is 1. The Morgan fingerprint density at radius 3 is 2.39 bits per heavy atom. The number of nitrogens with zero attached hydrogens (tertiary/aromatic N) is 2. The number of hydrogen-bond donors (Lipinski definition) is 2. The van der Waals surface area contributed by atoms with Crippen LogP contribution >= 0.6 is 11.8 Å². The smallest absolute Gasteiger partial charge is 0.330 e. The van der Waals surface area contributed by atoms with Gasteiger partial charge in [0.25, 0.3) is 5.56 Å². The summed E-state index contributed by atoms with van der Waals surface area (Å²) in [5.74, 6) is 0.111. The van der Waals surface area contributed by atoms with E-state index in [9.17, 15) is 14.4 Å². The SMILES string of the molecule is CCCCn1c(N)c(N(C(=O)CSc2ccc(C(C)(C)C)cc2)C2CCCC2)c(=O)[nH]c1=O. The van der Waals surface area contributed by atoms with Crippen LogP contribution in [0.3, 0.4) is 0 Å². The molecule has 3 rings (SSSR count). The molecule has 1 aromatic heterocycles. The highest BCUT2D eigenvalue weighted by molar-refractivity contribution is 8.00. The van der Waals surface area contributed by atoms with Gasteiger partial charge < -0.3 is 10.6 Å². The van der Waals surface area contributed by atoms with E-state index in [2.05, 4.69) is 37.9 Å². The standard InChI is InChI=1S/C25H36N4O3S/c1-5-6-15-28-22(26)21(23(31)27-24(28)32)29(18-9-7-8-10-18)20(30)16-33-19-13-11-17(12-14-19)25(2,3)4/h11-14,18H,5-10,15-16,26H2,1-4H3,(H,27,31,32). The van der Waals surface area contributed by atoms with Gasteiger partial charge in [-0.1, -0.05) is 59.1 Å². The second-order valence-corrected chi connectivity index (χ2v) is 10.8. The summed E-state index contributed by atoms with van der Waals surface area (Å²) in [7, 11) is 0. The summed E-state index contributed by atoms with van der Waals surface area (Å²) in [6.07, 6.45) is 5.29. The van der Waals surface area contributed by atoms with Crippen molar-refractivity contribution >= 4 is 29.2 Å². The van der Waals surface area contributed by atoms with Crippen LogP contribution in [0.25, 0.3) is 0 Å². The van der Waals surface area contributed by atoms with E-state index in [1.54, 1.807) is 4.90 Å². The summed E-state index contributed by atoms with van der Waals surface area (Å²) in [5.41, 5.74) is 6.64. The van der Waals surface area contributed by atoms with E-state index in [0.717, 1.165) is 43.4 Å². The average Bonchev–Trinajstić information content (AvgIpc) is 3.28. The molecule has 3 N–H and O–H groups in total. The molecule has 1 aromatic carbocycles. The summed E-state index contributed by atoms with van der Waals surface area (Å²) in [6, 6.07) is 8.17. The second-order valence-electron chi connectivity index (χ2n) is 9.76. The van der Waals surface area contributed by atoms with Crippen molar-refractivity contribution in [1.29, 1.82) is 0 Å². The number of hydrogen-bond acceptors (Lipinski definition) is 5. The Balaban J connectivity index is 1.88. The van der Waals surface area contributed by atoms with Crippen molar-refractivity contribution in [1.82, 2.24) is 9.55 Å². The van der Waals surface area contributed by atoms with Crippen molar-refractivity contribution in [2.75, 3.05) is 16.4 Å². The topological polar surface area (TPSA) is 101 Å². The van der Waals surface area contributed by atoms with Crippen molar-refractivity contribution in [3.63, 3.8) is 0 Å². The molecule has 0 spiro atoms. The highest BCUT2D eigenvalue weighted by atomic mass is 32.2. The van der Waals surface area contributed by atoms with Gasteiger partial charge in [0.1, 0.15) is 5.82 Å². The number of aromatic nitrogens is 2. The summed E-state index contributed by atoms with van der Waals surface area (Å²) in [5, 5.41) is 0. The lowest BCUT2D eigenvalue weighted by Gasteiger charge is -2.30. The monoisotopic (exact) mass is 472 g/mol. The fraction of sp³-hybridized carbons (Fsp3) is 0.560. The Bertz CT molecular complexity index is 1080. The molecule has 1 amide bonds. The number of nitrogens with one attached hydrogen (secondary N) is 1. The molecule has 0 unspecified atom stereocenters. The minimum Gasteiger partial charge on any atom is -0.383 e. The van der Waals surface area contributed by atoms with Gasteiger partial charge in [0.15, 0.2) is 5.69 Å². The largest absolute Gasteiger partial charge is 0.383 e. The molecule has 0 atom stereocenters. The van der Waals surface area contributed by atoms with E-state index in [1.165, 1.54) is 21.9 Å². The molecule has 1 aliphatic carbocycles. The van der Waals surface area contributed by atoms with Crippen molar-refractivity contribution in [3.8, 4) is 0 Å². The summed E-state index contributed by atoms with van der Waals surface area (Å²) >= 11 is 1.45. The van der Waals surface area contributed by atoms with Crippen LogP contribution in [-0.4, -0.2) is 27.3 Å². The Morgan fingerprint density at radius 1 is 1.18 bits per heavy atom. The van der Waals surface area contributed by atoms with E-state index < -0.39 is 11.2 Å². The predicted molar refractivity (Wildman–Crippen MR) is 136 cm³/mol. The van der Waals surface area contributed by atoms with E-state index in [0.29, 0.717) is 6.54 Å². The summed E-state index contributed by atoms with van der Waals surface area (Å²) in [6.45, 7) is 8.93. The molecule has 8 heteroatoms. The fourth-order valence-corrected chi connectivity index (χ4v) is 5.05. The molecule has 1 saturated carbocycles. The number of nitrogen functional groups attached to an aromatic ring is 1. The zero-order valence-corrected chi connectivity index (χ0v) is 21.0. The number of thioether (sulfide) groups is 1. The maximum atomic E-state index is 13.5. The molecule has 1 heterocycles. The Morgan fingerprint density at radius 2 is 1.82 bits per heavy atom. The molecule has 0 saturated heterocycles. The normalized spacial score (nSPS) is 14.5. The zero-order valence-electron chi connectivity index (χ0n) is 20.1. The van der Waals surface area contributed by atoms with Crippen LogP contribution in [0.2, 0.25) is 0 Å². The molecule has 0 aliphatic heterocycles. The molecular formula is C25H36N4O3S. The van der Waals surface area contributed by atoms with Crippen LogP contribution < -0.4 is 21.9 Å². The van der Waals surface area contributed by atoms with Crippen molar-refractivity contribution in [3.05, 3.63) is 50.7 Å². The molecule has 33 heavy (non-hydrogen) atoms. The molecule has 1 fully saturated rings. The van der Waals surface area contributed by atoms with Crippen LogP contribution in [0.1, 0.15) is 71.8 Å². The third-order valence-electron chi connectivity index (χ3n) is 6.23. The van der Waals surface area contributed by atoms with Gasteiger partial charge in [-0.3, -0.25) is 19.1 Å². The number of rotatable bonds is 8. The van der Waals surface area contributed by atoms with Crippen LogP contribution in [0, 0.1) is 0 Å². The van der Waals surface area contributed by atoms with E-state index in [4.69, 9.17) is 5.73 Å². The predicted octanol–water partition coefficient (Wildman–Crippen LogP) is 4.28. The number of anilines is 2. The maximum Gasteiger partial charge on any atom is 0.330 e. The fourth-order valence-electron chi connectivity index (χ4n) is 4.29. The number of carbonyl (C=O) groups is 1. The van der Waals surface area contributed by atoms with E-state index >= 15 is 0 Å². The lowest BCUT2D eigenvalue weighted by Crippen LogP contribution is -2.46. The molecule has 0 bridgehead atoms. The first kappa shape index (κ1) is 25.1. The average molecular weight is 473 g/mol. The Hall–Kier alpha value is -2.48. The number of benzene rings is 1. The Labute approximate surface area is 199 Å². The van der Waals surface area contributed by atoms with Gasteiger partial charge >= 0.3 is 5.69 Å². The van der Waals surface area contributed by atoms with Gasteiger partial charge in [-0.25, -0.2) is 4.79 Å². The number of aromatic amines is 1. The van der Waals surface area contributed by atoms with Crippen molar-refractivity contribution in [2.24, 2.45) is 0 Å². The molecule has 0 radical (unpaired) electrons. The van der Waals surface area contributed by atoms with Crippen LogP contribution in [0.4, 0.5) is 11.5 Å². The molecule has 180 valence electrons. The third kappa shape index (κ3) is 5.91. The van der Waals surface area contributed by atoms with Crippen LogP contribution in [-0.2, 0) is 16.8 Å². The summed E-state index contributed by atoms with van der Waals surface area (Å²) in [4.78, 5) is 43.6. The van der Waals surface area contributed by atoms with Gasteiger partial charge in [0, 0.05) is 17.5 Å². The van der Waals surface area contributed by atoms with Gasteiger partial charge in [0.05, 0.1) is 5.75 Å². The molecule has 2 aromatic rings. The Kier molecular flexibility index (Phi) is 8.10. The first-order valence-corrected chi connectivity index (χ1v) is 12.8. The number of nitrogens with two attached hydrogens (primary N) is 1. The first-order valence-electron chi connectivity index (χ1n) is 11.8. The molecular weight excluding hydrogens is 436 g/mol. The third-order valence-corrected chi connectivity index (χ3v) is 7.23. The van der Waals surface area contributed by atoms with Gasteiger partial charge in [0.2, 0.25) is 5.91 Å². The van der Waals surface area contributed by atoms with Gasteiger partial charge in [-0.05, 0) is 42.4 Å². The highest BCUT2D eigenvalue weighted by Gasteiger charge is 2.32. The minimum absolute atomic E-state index is 0.0672. The van der Waals surface area contributed by atoms with Gasteiger partial charge in [-0.2, -0.15) is 0 Å². The van der Waals surface area contributed by atoms with Crippen LogP contribution in [0.15, 0.2) is 38.8 Å². The first-order chi connectivity index (χ1) is 15.6. The highest BCUT2D eigenvalue weighted by Crippen LogP contribution is 2.31. The van der Waals surface area contributed by atoms with E-state index in [1.807, 2.05) is 19.1 Å². The van der Waals surface area contributed by atoms with Crippen molar-refractivity contribution < 1.29 is 4.79 Å². The lowest BCUT2D eigenvalue weighted by atomic mass is 9.87.